The molecular weight excluding hydrogens is 256 g/mol. The van der Waals surface area contributed by atoms with Gasteiger partial charge in [-0.3, -0.25) is 9.59 Å². The molecule has 0 saturated carbocycles. The lowest BCUT2D eigenvalue weighted by molar-refractivity contribution is -0.162. The second-order valence-electron chi connectivity index (χ2n) is 4.84. The molecule has 0 aromatic heterocycles. The molecule has 20 heavy (non-hydrogen) atoms. The van der Waals surface area contributed by atoms with Crippen LogP contribution in [0.5, 0.6) is 0 Å². The van der Waals surface area contributed by atoms with E-state index in [9.17, 15) is 9.59 Å². The van der Waals surface area contributed by atoms with Crippen LogP contribution in [0.25, 0.3) is 0 Å². The summed E-state index contributed by atoms with van der Waals surface area (Å²) >= 11 is 0. The van der Waals surface area contributed by atoms with Crippen molar-refractivity contribution >= 4 is 11.9 Å². The van der Waals surface area contributed by atoms with Gasteiger partial charge in [-0.2, -0.15) is 0 Å². The molecule has 4 heteroatoms. The van der Waals surface area contributed by atoms with Crippen molar-refractivity contribution in [2.24, 2.45) is 11.3 Å². The van der Waals surface area contributed by atoms with Gasteiger partial charge in [-0.1, -0.05) is 26.0 Å². The molecule has 0 amide bonds. The van der Waals surface area contributed by atoms with Crippen LogP contribution in [0.3, 0.4) is 0 Å². The van der Waals surface area contributed by atoms with Gasteiger partial charge in [0, 0.05) is 25.2 Å². The zero-order valence-electron chi connectivity index (χ0n) is 13.0. The average molecular weight is 282 g/mol. The summed E-state index contributed by atoms with van der Waals surface area (Å²) in [4.78, 5) is 22.3. The van der Waals surface area contributed by atoms with Crippen molar-refractivity contribution in [3.05, 3.63) is 25.3 Å². The fourth-order valence-corrected chi connectivity index (χ4v) is 2.57. The summed E-state index contributed by atoms with van der Waals surface area (Å²) in [5, 5.41) is 0. The van der Waals surface area contributed by atoms with Gasteiger partial charge >= 0.3 is 11.9 Å². The Kier molecular flexibility index (Phi) is 7.89. The normalized spacial score (nSPS) is 14.0. The maximum Gasteiger partial charge on any atom is 0.303 e. The van der Waals surface area contributed by atoms with E-state index in [4.69, 9.17) is 9.47 Å². The van der Waals surface area contributed by atoms with E-state index in [1.807, 2.05) is 26.0 Å². The first-order valence-electron chi connectivity index (χ1n) is 6.94. The van der Waals surface area contributed by atoms with E-state index in [1.165, 1.54) is 13.8 Å². The molecule has 0 heterocycles. The van der Waals surface area contributed by atoms with Crippen LogP contribution in [-0.2, 0) is 19.1 Å². The molecule has 2 unspecified atom stereocenters. The summed E-state index contributed by atoms with van der Waals surface area (Å²) in [6, 6.07) is 0. The van der Waals surface area contributed by atoms with E-state index < -0.39 is 18.0 Å². The molecule has 0 aliphatic rings. The number of hydrogen-bond acceptors (Lipinski definition) is 4. The highest BCUT2D eigenvalue weighted by Gasteiger charge is 2.38. The second kappa shape index (κ2) is 8.56. The smallest absolute Gasteiger partial charge is 0.303 e. The monoisotopic (exact) mass is 282 g/mol. The van der Waals surface area contributed by atoms with Crippen molar-refractivity contribution in [3.63, 3.8) is 0 Å². The van der Waals surface area contributed by atoms with Crippen molar-refractivity contribution in [2.75, 3.05) is 6.61 Å². The topological polar surface area (TPSA) is 52.6 Å². The van der Waals surface area contributed by atoms with Crippen LogP contribution < -0.4 is 0 Å². The van der Waals surface area contributed by atoms with Gasteiger partial charge in [-0.15, -0.1) is 13.2 Å². The van der Waals surface area contributed by atoms with E-state index in [2.05, 4.69) is 13.2 Å². The fourth-order valence-electron chi connectivity index (χ4n) is 2.57. The summed E-state index contributed by atoms with van der Waals surface area (Å²) in [5.41, 5.74) is -0.352. The Morgan fingerprint density at radius 3 is 2.00 bits per heavy atom. The van der Waals surface area contributed by atoms with Crippen LogP contribution in [0, 0.1) is 11.3 Å². The number of ether oxygens (including phenoxy) is 2. The van der Waals surface area contributed by atoms with Gasteiger partial charge in [-0.25, -0.2) is 0 Å². The number of allylic oxidation sites excluding steroid dienone is 2. The molecule has 2 atom stereocenters. The van der Waals surface area contributed by atoms with Crippen LogP contribution in [-0.4, -0.2) is 24.6 Å². The molecule has 0 rings (SSSR count). The van der Waals surface area contributed by atoms with E-state index in [-0.39, 0.29) is 17.9 Å². The Labute approximate surface area is 121 Å². The predicted octanol–water partition coefficient (Wildman–Crippen LogP) is 3.28. The molecule has 0 radical (unpaired) electrons. The second-order valence-corrected chi connectivity index (χ2v) is 4.84. The molecule has 0 aliphatic heterocycles. The summed E-state index contributed by atoms with van der Waals surface area (Å²) in [6.45, 7) is 14.5. The minimum atomic E-state index is -0.502. The SMILES string of the molecule is C=CC(C=C)(CC)C(CC)C(COC(C)=O)OC(C)=O. The van der Waals surface area contributed by atoms with Crippen molar-refractivity contribution in [1.29, 1.82) is 0 Å². The first-order valence-corrected chi connectivity index (χ1v) is 6.94. The Hall–Kier alpha value is -1.58. The first kappa shape index (κ1) is 18.4. The number of carbonyl (C=O) groups is 2. The Morgan fingerprint density at radius 2 is 1.70 bits per heavy atom. The highest BCUT2D eigenvalue weighted by Crippen LogP contribution is 2.39. The largest absolute Gasteiger partial charge is 0.462 e. The molecule has 0 aromatic rings. The number of hydrogen-bond donors (Lipinski definition) is 0. The van der Waals surface area contributed by atoms with Crippen molar-refractivity contribution in [3.8, 4) is 0 Å². The quantitative estimate of drug-likeness (QED) is 0.481. The molecule has 0 bridgehead atoms. The molecule has 114 valence electrons. The van der Waals surface area contributed by atoms with Gasteiger partial charge < -0.3 is 9.47 Å². The number of rotatable bonds is 9. The minimum Gasteiger partial charge on any atom is -0.462 e. The van der Waals surface area contributed by atoms with Crippen LogP contribution in [0.4, 0.5) is 0 Å². The molecular formula is C16H26O4. The van der Waals surface area contributed by atoms with Gasteiger partial charge in [0.15, 0.2) is 0 Å². The summed E-state index contributed by atoms with van der Waals surface area (Å²) in [6.07, 6.45) is 4.70. The van der Waals surface area contributed by atoms with Gasteiger partial charge in [0.1, 0.15) is 12.7 Å². The lowest BCUT2D eigenvalue weighted by Gasteiger charge is -2.38. The third-order valence-electron chi connectivity index (χ3n) is 3.72. The lowest BCUT2D eigenvalue weighted by Crippen LogP contribution is -2.40. The maximum atomic E-state index is 11.3. The molecule has 0 N–H and O–H groups in total. The predicted molar refractivity (Wildman–Crippen MR) is 79.1 cm³/mol. The van der Waals surface area contributed by atoms with Crippen LogP contribution in [0.2, 0.25) is 0 Å². The molecule has 0 aliphatic carbocycles. The molecule has 0 aromatic carbocycles. The van der Waals surface area contributed by atoms with Gasteiger partial charge in [0.2, 0.25) is 0 Å². The Bertz CT molecular complexity index is 351. The van der Waals surface area contributed by atoms with Crippen LogP contribution >= 0.6 is 0 Å². The van der Waals surface area contributed by atoms with Crippen LogP contribution in [0.15, 0.2) is 25.3 Å². The number of carbonyl (C=O) groups excluding carboxylic acids is 2. The zero-order chi connectivity index (χ0) is 15.8. The van der Waals surface area contributed by atoms with E-state index in [0.717, 1.165) is 12.8 Å². The third-order valence-corrected chi connectivity index (χ3v) is 3.72. The van der Waals surface area contributed by atoms with E-state index in [1.54, 1.807) is 0 Å². The summed E-state index contributed by atoms with van der Waals surface area (Å²) < 4.78 is 10.4. The highest BCUT2D eigenvalue weighted by atomic mass is 16.6. The third kappa shape index (κ3) is 4.83. The van der Waals surface area contributed by atoms with E-state index in [0.29, 0.717) is 0 Å². The molecule has 4 nitrogen and oxygen atoms in total. The van der Waals surface area contributed by atoms with Crippen molar-refractivity contribution in [1.82, 2.24) is 0 Å². The van der Waals surface area contributed by atoms with Gasteiger partial charge in [0.05, 0.1) is 0 Å². The molecule has 0 fully saturated rings. The Morgan fingerprint density at radius 1 is 1.15 bits per heavy atom. The zero-order valence-corrected chi connectivity index (χ0v) is 13.0. The van der Waals surface area contributed by atoms with Gasteiger partial charge in [-0.05, 0) is 12.8 Å². The lowest BCUT2D eigenvalue weighted by atomic mass is 9.69. The Balaban J connectivity index is 5.32. The van der Waals surface area contributed by atoms with Crippen LogP contribution in [0.1, 0.15) is 40.5 Å². The maximum absolute atomic E-state index is 11.3. The number of esters is 2. The van der Waals surface area contributed by atoms with Gasteiger partial charge in [0.25, 0.3) is 0 Å². The van der Waals surface area contributed by atoms with E-state index >= 15 is 0 Å². The summed E-state index contributed by atoms with van der Waals surface area (Å²) in [7, 11) is 0. The highest BCUT2D eigenvalue weighted by molar-refractivity contribution is 5.67. The van der Waals surface area contributed by atoms with Crippen molar-refractivity contribution < 1.29 is 19.1 Å². The fraction of sp³-hybridized carbons (Fsp3) is 0.625. The first-order chi connectivity index (χ1) is 9.36. The average Bonchev–Trinajstić information content (AvgIpc) is 2.41. The van der Waals surface area contributed by atoms with Crippen molar-refractivity contribution in [2.45, 2.75) is 46.6 Å². The minimum absolute atomic E-state index is 0.0363. The molecule has 0 spiro atoms. The summed E-state index contributed by atoms with van der Waals surface area (Å²) in [5.74, 6) is -0.819. The standard InChI is InChI=1S/C16H26O4/c1-7-14(16(8-2,9-3)10-4)15(20-13(6)18)11-19-12(5)17/h8-9,14-15H,2-3,7,10-11H2,1,4-6H3. The molecule has 0 saturated heterocycles.